The van der Waals surface area contributed by atoms with Crippen LogP contribution >= 0.6 is 0 Å². The Kier molecular flexibility index (Phi) is 1.93. The first-order valence-electron chi connectivity index (χ1n) is 6.19. The molecule has 1 heterocycles. The summed E-state index contributed by atoms with van der Waals surface area (Å²) in [5.74, 6) is 0. The van der Waals surface area contributed by atoms with Gasteiger partial charge in [0.1, 0.15) is 0 Å². The van der Waals surface area contributed by atoms with Crippen LogP contribution in [0.2, 0.25) is 0 Å². The summed E-state index contributed by atoms with van der Waals surface area (Å²) >= 11 is 0. The Hall–Kier alpha value is -2.79. The first-order valence-corrected chi connectivity index (χ1v) is 6.19. The number of H-pyrrole nitrogens is 1. The summed E-state index contributed by atoms with van der Waals surface area (Å²) in [6.45, 7) is 0. The van der Waals surface area contributed by atoms with Gasteiger partial charge in [0.05, 0.1) is 11.6 Å². The van der Waals surface area contributed by atoms with Crippen LogP contribution in [0.15, 0.2) is 54.6 Å². The molecule has 1 N–H and O–H groups in total. The summed E-state index contributed by atoms with van der Waals surface area (Å²) in [7, 11) is 0. The maximum Gasteiger partial charge on any atom is 0.0991 e. The van der Waals surface area contributed by atoms with Crippen LogP contribution in [0.1, 0.15) is 5.56 Å². The Balaban J connectivity index is 2.21. The van der Waals surface area contributed by atoms with E-state index in [0.29, 0.717) is 5.56 Å². The molecule has 0 saturated heterocycles. The van der Waals surface area contributed by atoms with E-state index in [1.165, 1.54) is 16.2 Å². The second-order valence-corrected chi connectivity index (χ2v) is 4.74. The van der Waals surface area contributed by atoms with Gasteiger partial charge in [-0.15, -0.1) is 0 Å². The van der Waals surface area contributed by atoms with Gasteiger partial charge in [0.25, 0.3) is 0 Å². The molecule has 88 valence electrons. The summed E-state index contributed by atoms with van der Waals surface area (Å²) in [5.41, 5.74) is 2.88. The summed E-state index contributed by atoms with van der Waals surface area (Å²) in [5, 5.41) is 13.7. The molecule has 0 spiro atoms. The third kappa shape index (κ3) is 1.42. The van der Waals surface area contributed by atoms with E-state index in [4.69, 9.17) is 5.26 Å². The molecule has 0 amide bonds. The van der Waals surface area contributed by atoms with E-state index in [2.05, 4.69) is 35.3 Å². The Bertz CT molecular complexity index is 971. The molecular weight excluding hydrogens is 232 g/mol. The van der Waals surface area contributed by atoms with Gasteiger partial charge in [-0.25, -0.2) is 0 Å². The first kappa shape index (κ1) is 10.2. The number of nitrogens with one attached hydrogen (secondary N) is 1. The third-order valence-corrected chi connectivity index (χ3v) is 3.59. The molecule has 0 bridgehead atoms. The van der Waals surface area contributed by atoms with E-state index >= 15 is 0 Å². The molecule has 2 nitrogen and oxygen atoms in total. The lowest BCUT2D eigenvalue weighted by Crippen LogP contribution is -1.74. The van der Waals surface area contributed by atoms with Crippen LogP contribution < -0.4 is 0 Å². The fourth-order valence-electron chi connectivity index (χ4n) is 2.66. The fraction of sp³-hybridized carbons (Fsp3) is 0. The Morgan fingerprint density at radius 1 is 0.789 bits per heavy atom. The van der Waals surface area contributed by atoms with E-state index in [-0.39, 0.29) is 0 Å². The largest absolute Gasteiger partial charge is 0.354 e. The van der Waals surface area contributed by atoms with E-state index in [1.54, 1.807) is 0 Å². The molecule has 0 aliphatic carbocycles. The summed E-state index contributed by atoms with van der Waals surface area (Å²) in [4.78, 5) is 3.41. The minimum absolute atomic E-state index is 0.696. The molecule has 4 aromatic rings. The maximum absolute atomic E-state index is 9.02. The van der Waals surface area contributed by atoms with E-state index in [0.717, 1.165) is 16.4 Å². The highest BCUT2D eigenvalue weighted by Gasteiger charge is 2.06. The van der Waals surface area contributed by atoms with Crippen molar-refractivity contribution in [2.75, 3.05) is 0 Å². The lowest BCUT2D eigenvalue weighted by atomic mass is 10.1. The summed E-state index contributed by atoms with van der Waals surface area (Å²) in [6.07, 6.45) is 0. The highest BCUT2D eigenvalue weighted by molar-refractivity contribution is 6.12. The average Bonchev–Trinajstić information content (AvgIpc) is 2.81. The molecule has 3 aromatic carbocycles. The first-order chi connectivity index (χ1) is 9.35. The van der Waals surface area contributed by atoms with Crippen molar-refractivity contribution in [1.82, 2.24) is 4.98 Å². The summed E-state index contributed by atoms with van der Waals surface area (Å²) in [6, 6.07) is 20.6. The monoisotopic (exact) mass is 242 g/mol. The SMILES string of the molecule is N#Cc1ccc2[nH]c3cc4ccccc4cc3c2c1. The third-order valence-electron chi connectivity index (χ3n) is 3.59. The Morgan fingerprint density at radius 2 is 1.53 bits per heavy atom. The van der Waals surface area contributed by atoms with Crippen molar-refractivity contribution in [2.24, 2.45) is 0 Å². The number of aromatic nitrogens is 1. The molecule has 0 unspecified atom stereocenters. The average molecular weight is 242 g/mol. The predicted octanol–water partition coefficient (Wildman–Crippen LogP) is 4.35. The maximum atomic E-state index is 9.02. The van der Waals surface area contributed by atoms with E-state index < -0.39 is 0 Å². The number of hydrogen-bond donors (Lipinski definition) is 1. The quantitative estimate of drug-likeness (QED) is 0.489. The van der Waals surface area contributed by atoms with Crippen LogP contribution in [0, 0.1) is 11.3 Å². The van der Waals surface area contributed by atoms with Gasteiger partial charge in [0, 0.05) is 21.8 Å². The molecule has 0 atom stereocenters. The number of fused-ring (bicyclic) bond motifs is 4. The van der Waals surface area contributed by atoms with Gasteiger partial charge in [-0.3, -0.25) is 0 Å². The number of aromatic amines is 1. The van der Waals surface area contributed by atoms with Gasteiger partial charge in [-0.2, -0.15) is 5.26 Å². The van der Waals surface area contributed by atoms with Crippen molar-refractivity contribution >= 4 is 32.6 Å². The molecule has 0 aliphatic rings. The zero-order chi connectivity index (χ0) is 12.8. The molecule has 2 heteroatoms. The molecule has 0 saturated carbocycles. The van der Waals surface area contributed by atoms with Crippen LogP contribution in [-0.2, 0) is 0 Å². The van der Waals surface area contributed by atoms with Crippen molar-refractivity contribution in [3.63, 3.8) is 0 Å². The number of nitriles is 1. The number of hydrogen-bond acceptors (Lipinski definition) is 1. The normalized spacial score (nSPS) is 11.1. The fourth-order valence-corrected chi connectivity index (χ4v) is 2.66. The van der Waals surface area contributed by atoms with Crippen molar-refractivity contribution in [3.8, 4) is 6.07 Å². The minimum atomic E-state index is 0.696. The summed E-state index contributed by atoms with van der Waals surface area (Å²) < 4.78 is 0. The van der Waals surface area contributed by atoms with Gasteiger partial charge in [0.2, 0.25) is 0 Å². The van der Waals surface area contributed by atoms with Crippen LogP contribution in [-0.4, -0.2) is 4.98 Å². The Morgan fingerprint density at radius 3 is 2.32 bits per heavy atom. The standard InChI is InChI=1S/C17H10N2/c18-10-11-5-6-16-14(7-11)15-8-12-3-1-2-4-13(12)9-17(15)19-16/h1-9,19H. The van der Waals surface area contributed by atoms with Gasteiger partial charge in [0.15, 0.2) is 0 Å². The lowest BCUT2D eigenvalue weighted by molar-refractivity contribution is 1.49. The topological polar surface area (TPSA) is 39.6 Å². The van der Waals surface area contributed by atoms with Crippen molar-refractivity contribution < 1.29 is 0 Å². The van der Waals surface area contributed by atoms with Gasteiger partial charge < -0.3 is 4.98 Å². The van der Waals surface area contributed by atoms with Crippen molar-refractivity contribution in [1.29, 1.82) is 5.26 Å². The minimum Gasteiger partial charge on any atom is -0.354 e. The molecule has 19 heavy (non-hydrogen) atoms. The number of benzene rings is 3. The lowest BCUT2D eigenvalue weighted by Gasteiger charge is -1.98. The zero-order valence-electron chi connectivity index (χ0n) is 10.1. The van der Waals surface area contributed by atoms with Gasteiger partial charge in [-0.1, -0.05) is 24.3 Å². The van der Waals surface area contributed by atoms with Gasteiger partial charge >= 0.3 is 0 Å². The highest BCUT2D eigenvalue weighted by Crippen LogP contribution is 2.29. The van der Waals surface area contributed by atoms with Crippen LogP contribution in [0.25, 0.3) is 32.6 Å². The molecule has 4 rings (SSSR count). The van der Waals surface area contributed by atoms with Crippen LogP contribution in [0.3, 0.4) is 0 Å². The van der Waals surface area contributed by atoms with Crippen LogP contribution in [0.5, 0.6) is 0 Å². The smallest absolute Gasteiger partial charge is 0.0991 e. The molecular formula is C17H10N2. The zero-order valence-corrected chi connectivity index (χ0v) is 10.1. The Labute approximate surface area is 109 Å². The second kappa shape index (κ2) is 3.60. The van der Waals surface area contributed by atoms with Crippen molar-refractivity contribution in [2.45, 2.75) is 0 Å². The van der Waals surface area contributed by atoms with E-state index in [1.807, 2.05) is 30.3 Å². The number of nitrogens with zero attached hydrogens (tertiary/aromatic N) is 1. The van der Waals surface area contributed by atoms with Crippen LogP contribution in [0.4, 0.5) is 0 Å². The predicted molar refractivity (Wildman–Crippen MR) is 78.0 cm³/mol. The molecule has 0 radical (unpaired) electrons. The second-order valence-electron chi connectivity index (χ2n) is 4.74. The van der Waals surface area contributed by atoms with Gasteiger partial charge in [-0.05, 0) is 41.1 Å². The highest BCUT2D eigenvalue weighted by atomic mass is 14.7. The molecule has 0 fully saturated rings. The molecule has 1 aromatic heterocycles. The van der Waals surface area contributed by atoms with E-state index in [9.17, 15) is 0 Å². The number of rotatable bonds is 0. The molecule has 0 aliphatic heterocycles. The van der Waals surface area contributed by atoms with Crippen molar-refractivity contribution in [3.05, 3.63) is 60.2 Å².